The van der Waals surface area contributed by atoms with Crippen molar-refractivity contribution in [3.8, 4) is 0 Å². The van der Waals surface area contributed by atoms with Gasteiger partial charge in [0.1, 0.15) is 0 Å². The second-order valence-electron chi connectivity index (χ2n) is 11.7. The minimum atomic E-state index is -1.59. The number of alkyl halides is 1. The lowest BCUT2D eigenvalue weighted by Crippen LogP contribution is -2.26. The molecule has 0 radical (unpaired) electrons. The molecule has 3 atom stereocenters. The van der Waals surface area contributed by atoms with Crippen LogP contribution >= 0.6 is 23.2 Å². The molecule has 1 unspecified atom stereocenters. The van der Waals surface area contributed by atoms with Crippen LogP contribution in [0.15, 0.2) is 109 Å². The minimum absolute atomic E-state index is 0.133. The van der Waals surface area contributed by atoms with E-state index >= 15 is 0 Å². The summed E-state index contributed by atoms with van der Waals surface area (Å²) in [6.07, 6.45) is 3.24. The van der Waals surface area contributed by atoms with Crippen LogP contribution < -0.4 is 5.12 Å². The Morgan fingerprint density at radius 3 is 1.43 bits per heavy atom. The summed E-state index contributed by atoms with van der Waals surface area (Å²) in [5.74, 6) is -0.154. The number of esters is 2. The monoisotopic (exact) mass is 809 g/mol. The van der Waals surface area contributed by atoms with Crippen molar-refractivity contribution in [2.45, 2.75) is 50.1 Å². The Morgan fingerprint density at radius 2 is 1.08 bits per heavy atom. The number of ether oxygens (including phenoxy) is 2. The van der Waals surface area contributed by atoms with E-state index in [1.165, 1.54) is 32.6 Å². The van der Waals surface area contributed by atoms with E-state index in [1.807, 2.05) is 60.7 Å². The highest BCUT2D eigenvalue weighted by Gasteiger charge is 2.41. The lowest BCUT2D eigenvalue weighted by Gasteiger charge is -2.19. The highest BCUT2D eigenvalue weighted by atomic mass is 35.5. The summed E-state index contributed by atoms with van der Waals surface area (Å²) in [6.45, 7) is 0. The third-order valence-corrected chi connectivity index (χ3v) is 8.70. The van der Waals surface area contributed by atoms with Crippen LogP contribution in [0, 0.1) is 11.8 Å². The van der Waals surface area contributed by atoms with Crippen molar-refractivity contribution in [1.82, 2.24) is 0 Å². The molecule has 0 heterocycles. The molecule has 0 amide bonds. The molecule has 4 aromatic rings. The molecular formula is C38H39Cl2F2NO8S2. The van der Waals surface area contributed by atoms with E-state index in [-0.39, 0.29) is 11.9 Å². The zero-order valence-corrected chi connectivity index (χ0v) is 32.0. The second kappa shape index (κ2) is 24.9. The van der Waals surface area contributed by atoms with E-state index in [2.05, 4.69) is 4.74 Å². The van der Waals surface area contributed by atoms with Gasteiger partial charge in [-0.25, -0.2) is 9.18 Å². The van der Waals surface area contributed by atoms with Gasteiger partial charge in [0.15, 0.2) is 0 Å². The first-order valence-electron chi connectivity index (χ1n) is 16.2. The van der Waals surface area contributed by atoms with Crippen LogP contribution in [0.4, 0.5) is 20.2 Å². The van der Waals surface area contributed by atoms with Crippen molar-refractivity contribution in [2.75, 3.05) is 19.3 Å². The maximum atomic E-state index is 14.0. The van der Waals surface area contributed by atoms with Gasteiger partial charge in [-0.05, 0) is 103 Å². The van der Waals surface area contributed by atoms with Crippen LogP contribution in [0.5, 0.6) is 0 Å². The van der Waals surface area contributed by atoms with Gasteiger partial charge in [-0.1, -0.05) is 88.3 Å². The van der Waals surface area contributed by atoms with Crippen molar-refractivity contribution in [2.24, 2.45) is 11.8 Å². The van der Waals surface area contributed by atoms with Gasteiger partial charge < -0.3 is 9.47 Å². The van der Waals surface area contributed by atoms with Crippen LogP contribution in [0.25, 0.3) is 0 Å². The maximum absolute atomic E-state index is 14.0. The summed E-state index contributed by atoms with van der Waals surface area (Å²) in [7, 11) is 2.65. The zero-order valence-electron chi connectivity index (χ0n) is 28.9. The van der Waals surface area contributed by atoms with Gasteiger partial charge in [-0.15, -0.1) is 0 Å². The van der Waals surface area contributed by atoms with Crippen molar-refractivity contribution in [3.05, 3.63) is 130 Å². The SMILES string of the molecule is COC(=O)C(F)[C@@H](c1ccc(Cl)cc1)C1CC1.COC(=O)C[C@@H](c1ccc(Cl)cc1)C1CC1.FN(c1ccccc1)c1ccccc1.O=S=O.O=S=O. The predicted octanol–water partition coefficient (Wildman–Crippen LogP) is 9.11. The Bertz CT molecular complexity index is 1690. The molecule has 284 valence electrons. The van der Waals surface area contributed by atoms with Gasteiger partial charge >= 0.3 is 35.1 Å². The van der Waals surface area contributed by atoms with E-state index in [1.54, 1.807) is 48.5 Å². The van der Waals surface area contributed by atoms with Gasteiger partial charge in [-0.2, -0.15) is 22.0 Å². The summed E-state index contributed by atoms with van der Waals surface area (Å²) in [5.41, 5.74) is 3.09. The van der Waals surface area contributed by atoms with E-state index < -0.39 is 41.2 Å². The third-order valence-electron chi connectivity index (χ3n) is 8.20. The fourth-order valence-electron chi connectivity index (χ4n) is 5.37. The maximum Gasteiger partial charge on any atom is 0.341 e. The van der Waals surface area contributed by atoms with Gasteiger partial charge in [0.05, 0.1) is 32.0 Å². The van der Waals surface area contributed by atoms with Crippen LogP contribution in [0.1, 0.15) is 55.1 Å². The lowest BCUT2D eigenvalue weighted by molar-refractivity contribution is -0.147. The first kappa shape index (κ1) is 44.9. The number of hydrogen-bond donors (Lipinski definition) is 0. The van der Waals surface area contributed by atoms with Gasteiger partial charge in [0.25, 0.3) is 0 Å². The molecule has 0 N–H and O–H groups in total. The number of rotatable bonds is 10. The van der Waals surface area contributed by atoms with Gasteiger partial charge in [-0.3, -0.25) is 4.79 Å². The Kier molecular flexibility index (Phi) is 21.0. The summed E-state index contributed by atoms with van der Waals surface area (Å²) in [4.78, 5) is 22.6. The number of halogens is 4. The summed E-state index contributed by atoms with van der Waals surface area (Å²) in [5, 5.41) is 2.01. The van der Waals surface area contributed by atoms with Crippen LogP contribution in [0.2, 0.25) is 10.0 Å². The number of carbonyl (C=O) groups is 2. The second-order valence-corrected chi connectivity index (χ2v) is 12.8. The van der Waals surface area contributed by atoms with Crippen molar-refractivity contribution < 1.29 is 44.8 Å². The number of para-hydroxylation sites is 2. The molecule has 2 saturated carbocycles. The Balaban J connectivity index is 0.000000256. The predicted molar refractivity (Wildman–Crippen MR) is 201 cm³/mol. The first-order chi connectivity index (χ1) is 25.5. The molecule has 0 aliphatic heterocycles. The molecule has 2 fully saturated rings. The molecule has 6 rings (SSSR count). The molecule has 2 aliphatic carbocycles. The molecule has 4 aromatic carbocycles. The highest BCUT2D eigenvalue weighted by molar-refractivity contribution is 7.51. The largest absolute Gasteiger partial charge is 0.469 e. The molecular weight excluding hydrogens is 771 g/mol. The van der Waals surface area contributed by atoms with E-state index in [4.69, 9.17) is 44.8 Å². The molecule has 0 spiro atoms. The average Bonchev–Trinajstić information content (AvgIpc) is 4.13. The first-order valence-corrected chi connectivity index (χ1v) is 18.3. The summed E-state index contributed by atoms with van der Waals surface area (Å²) < 4.78 is 70.1. The molecule has 0 bridgehead atoms. The molecule has 2 aliphatic rings. The Labute approximate surface area is 324 Å². The number of carbonyl (C=O) groups excluding carboxylic acids is 2. The van der Waals surface area contributed by atoms with Crippen molar-refractivity contribution >= 4 is 69.7 Å². The van der Waals surface area contributed by atoms with Crippen LogP contribution in [0.3, 0.4) is 0 Å². The van der Waals surface area contributed by atoms with E-state index in [0.717, 1.165) is 23.4 Å². The molecule has 53 heavy (non-hydrogen) atoms. The molecule has 15 heteroatoms. The third kappa shape index (κ3) is 16.5. The number of benzene rings is 4. The topological polar surface area (TPSA) is 124 Å². The quantitative estimate of drug-likeness (QED) is 0.114. The highest BCUT2D eigenvalue weighted by Crippen LogP contribution is 2.46. The number of nitrogens with zero attached hydrogens (tertiary/aromatic N) is 1. The van der Waals surface area contributed by atoms with Gasteiger partial charge in [0.2, 0.25) is 6.17 Å². The van der Waals surface area contributed by atoms with Gasteiger partial charge in [0, 0.05) is 16.0 Å². The van der Waals surface area contributed by atoms with Crippen molar-refractivity contribution in [1.29, 1.82) is 0 Å². The van der Waals surface area contributed by atoms with E-state index in [9.17, 15) is 18.5 Å². The average molecular weight is 811 g/mol. The van der Waals surface area contributed by atoms with Crippen LogP contribution in [-0.4, -0.2) is 49.2 Å². The van der Waals surface area contributed by atoms with Crippen molar-refractivity contribution in [3.63, 3.8) is 0 Å². The number of methoxy groups -OCH3 is 2. The standard InChI is InChI=1S/C13H14ClFO2.C13H15ClO2.C12H10FN.2O2S/c1-17-13(16)12(15)11(8-2-3-8)9-4-6-10(14)7-5-9;1-16-13(15)8-12(9-2-3-9)10-4-6-11(14)7-5-10;13-14(11-7-3-1-4-8-11)12-9-5-2-6-10-12;2*1-3-2/h4-8,11-12H,2-3H2,1H3;4-7,9,12H,2-3,8H2,1H3;1-10H;;/t11-,12?;12-;;;/m11.../s1. The molecule has 9 nitrogen and oxygen atoms in total. The summed E-state index contributed by atoms with van der Waals surface area (Å²) >= 11 is 10.1. The molecule has 0 saturated heterocycles. The number of anilines is 2. The Hall–Kier alpha value is -4.30. The summed E-state index contributed by atoms with van der Waals surface area (Å²) in [6, 6.07) is 32.7. The minimum Gasteiger partial charge on any atom is -0.469 e. The fourth-order valence-corrected chi connectivity index (χ4v) is 5.63. The lowest BCUT2D eigenvalue weighted by atomic mass is 9.89. The van der Waals surface area contributed by atoms with E-state index in [0.29, 0.717) is 39.8 Å². The molecule has 0 aromatic heterocycles. The Morgan fingerprint density at radius 1 is 0.679 bits per heavy atom. The number of hydrogen-bond acceptors (Lipinski definition) is 9. The fraction of sp³-hybridized carbons (Fsp3) is 0.316. The normalized spacial score (nSPS) is 14.1. The zero-order chi connectivity index (χ0) is 39.2. The smallest absolute Gasteiger partial charge is 0.341 e. The van der Waals surface area contributed by atoms with Crippen LogP contribution in [-0.2, 0) is 42.2 Å².